The molecule has 1 saturated heterocycles. The lowest BCUT2D eigenvalue weighted by Crippen LogP contribution is -2.56. The molecule has 3 rings (SSSR count). The summed E-state index contributed by atoms with van der Waals surface area (Å²) in [5, 5.41) is 12.5. The summed E-state index contributed by atoms with van der Waals surface area (Å²) in [5.41, 5.74) is -0.607. The van der Waals surface area contributed by atoms with Crippen molar-refractivity contribution in [1.29, 1.82) is 0 Å². The van der Waals surface area contributed by atoms with Gasteiger partial charge in [0.25, 0.3) is 5.91 Å². The van der Waals surface area contributed by atoms with E-state index in [4.69, 9.17) is 4.74 Å². The molecule has 5 nitrogen and oxygen atoms in total. The Balaban J connectivity index is 0.00000385. The highest BCUT2D eigenvalue weighted by atomic mass is 35.5. The Labute approximate surface area is 202 Å². The number of ether oxygens (including phenoxy) is 1. The maximum absolute atomic E-state index is 13.5. The first kappa shape index (κ1) is 27.3. The molecule has 0 saturated carbocycles. The maximum atomic E-state index is 13.5. The van der Waals surface area contributed by atoms with E-state index in [1.54, 1.807) is 6.26 Å². The molecule has 33 heavy (non-hydrogen) atoms. The minimum atomic E-state index is -4.55. The summed E-state index contributed by atoms with van der Waals surface area (Å²) in [6.45, 7) is 1.76. The van der Waals surface area contributed by atoms with Crippen molar-refractivity contribution in [3.63, 3.8) is 0 Å². The summed E-state index contributed by atoms with van der Waals surface area (Å²) in [5.74, 6) is -0.609. The summed E-state index contributed by atoms with van der Waals surface area (Å²) in [6, 6.07) is 11.4. The summed E-state index contributed by atoms with van der Waals surface area (Å²) >= 11 is 1.06. The zero-order valence-electron chi connectivity index (χ0n) is 18.4. The highest BCUT2D eigenvalue weighted by molar-refractivity contribution is 7.98. The molecule has 0 bridgehead atoms. The van der Waals surface area contributed by atoms with Crippen LogP contribution in [0.5, 0.6) is 5.75 Å². The van der Waals surface area contributed by atoms with Gasteiger partial charge in [-0.15, -0.1) is 24.2 Å². The summed E-state index contributed by atoms with van der Waals surface area (Å²) in [4.78, 5) is 15.8. The number of benzene rings is 2. The van der Waals surface area contributed by atoms with Gasteiger partial charge in [0, 0.05) is 18.0 Å². The largest absolute Gasteiger partial charge is 0.496 e. The molecule has 2 aromatic carbocycles. The normalized spacial score (nSPS) is 19.0. The molecular weight excluding hydrogens is 477 g/mol. The fourth-order valence-corrected chi connectivity index (χ4v) is 4.86. The van der Waals surface area contributed by atoms with Gasteiger partial charge in [-0.25, -0.2) is 0 Å². The monoisotopic (exact) mass is 504 g/mol. The van der Waals surface area contributed by atoms with E-state index in [-0.39, 0.29) is 35.2 Å². The fraction of sp³-hybridized carbons (Fsp3) is 0.435. The Morgan fingerprint density at radius 1 is 1.27 bits per heavy atom. The standard InChI is InChI=1S/C23H27F3N2O3S.ClH/c1-31-18-13-17(23(24,25)26)14-19(32-2)20(18)21(30)27-22(16-7-4-3-5-8-16)9-6-10-28(15-22)11-12-29;/h3-5,7-8,13-14,29H,6,9-12,15H2,1-2H3,(H,27,30);1H. The van der Waals surface area contributed by atoms with Crippen LogP contribution in [-0.2, 0) is 11.7 Å². The van der Waals surface area contributed by atoms with Crippen LogP contribution in [0.4, 0.5) is 13.2 Å². The number of likely N-dealkylation sites (tertiary alicyclic amines) is 1. The predicted molar refractivity (Wildman–Crippen MR) is 125 cm³/mol. The van der Waals surface area contributed by atoms with Crippen molar-refractivity contribution in [2.75, 3.05) is 39.6 Å². The first-order chi connectivity index (χ1) is 15.2. The van der Waals surface area contributed by atoms with Crippen LogP contribution in [0.15, 0.2) is 47.4 Å². The van der Waals surface area contributed by atoms with E-state index in [0.29, 0.717) is 19.5 Å². The Morgan fingerprint density at radius 3 is 2.55 bits per heavy atom. The lowest BCUT2D eigenvalue weighted by molar-refractivity contribution is -0.137. The number of aliphatic hydroxyl groups is 1. The number of rotatable bonds is 7. The molecule has 0 aliphatic carbocycles. The number of hydrogen-bond acceptors (Lipinski definition) is 5. The van der Waals surface area contributed by atoms with Gasteiger partial charge in [0.2, 0.25) is 0 Å². The summed E-state index contributed by atoms with van der Waals surface area (Å²) < 4.78 is 45.2. The van der Waals surface area contributed by atoms with Crippen molar-refractivity contribution in [3.8, 4) is 5.75 Å². The van der Waals surface area contributed by atoms with E-state index in [2.05, 4.69) is 10.2 Å². The Kier molecular flexibility index (Phi) is 9.48. The third-order valence-electron chi connectivity index (χ3n) is 5.73. The molecule has 1 atom stereocenters. The molecule has 1 amide bonds. The number of carbonyl (C=O) groups is 1. The number of alkyl halides is 3. The van der Waals surface area contributed by atoms with Crippen molar-refractivity contribution >= 4 is 30.1 Å². The molecule has 0 spiro atoms. The topological polar surface area (TPSA) is 61.8 Å². The number of piperidine rings is 1. The van der Waals surface area contributed by atoms with Crippen molar-refractivity contribution in [2.24, 2.45) is 0 Å². The molecule has 1 unspecified atom stereocenters. The minimum Gasteiger partial charge on any atom is -0.496 e. The number of amides is 1. The highest BCUT2D eigenvalue weighted by Gasteiger charge is 2.40. The summed E-state index contributed by atoms with van der Waals surface area (Å²) in [6.07, 6.45) is -1.45. The summed E-state index contributed by atoms with van der Waals surface area (Å²) in [7, 11) is 1.26. The van der Waals surface area contributed by atoms with Gasteiger partial charge in [-0.1, -0.05) is 30.3 Å². The van der Waals surface area contributed by atoms with Crippen LogP contribution in [0, 0.1) is 0 Å². The predicted octanol–water partition coefficient (Wildman–Crippen LogP) is 4.57. The Bertz CT molecular complexity index is 919. The van der Waals surface area contributed by atoms with Gasteiger partial charge in [0.1, 0.15) is 5.75 Å². The van der Waals surface area contributed by atoms with Gasteiger partial charge in [-0.05, 0) is 43.3 Å². The first-order valence-electron chi connectivity index (χ1n) is 10.3. The van der Waals surface area contributed by atoms with Gasteiger partial charge in [0.05, 0.1) is 30.4 Å². The Hall–Kier alpha value is -1.94. The van der Waals surface area contributed by atoms with E-state index >= 15 is 0 Å². The number of hydrogen-bond donors (Lipinski definition) is 2. The molecule has 1 heterocycles. The molecule has 0 radical (unpaired) electrons. The smallest absolute Gasteiger partial charge is 0.416 e. The van der Waals surface area contributed by atoms with Crippen molar-refractivity contribution in [1.82, 2.24) is 10.2 Å². The quantitative estimate of drug-likeness (QED) is 0.541. The van der Waals surface area contributed by atoms with Crippen LogP contribution < -0.4 is 10.1 Å². The number of nitrogens with one attached hydrogen (secondary N) is 1. The third kappa shape index (κ3) is 6.15. The van der Waals surface area contributed by atoms with E-state index in [1.165, 1.54) is 7.11 Å². The lowest BCUT2D eigenvalue weighted by Gasteiger charge is -2.44. The van der Waals surface area contributed by atoms with Gasteiger partial charge in [-0.3, -0.25) is 9.69 Å². The molecule has 2 N–H and O–H groups in total. The second-order valence-corrected chi connectivity index (χ2v) is 8.61. The van der Waals surface area contributed by atoms with Crippen LogP contribution in [0.1, 0.15) is 34.3 Å². The zero-order valence-corrected chi connectivity index (χ0v) is 20.1. The zero-order chi connectivity index (χ0) is 23.4. The lowest BCUT2D eigenvalue weighted by atomic mass is 9.81. The molecule has 1 fully saturated rings. The minimum absolute atomic E-state index is 0. The fourth-order valence-electron chi connectivity index (χ4n) is 4.22. The average Bonchev–Trinajstić information content (AvgIpc) is 2.78. The molecule has 182 valence electrons. The molecular formula is C23H28ClF3N2O3S. The maximum Gasteiger partial charge on any atom is 0.416 e. The number of thioether (sulfide) groups is 1. The van der Waals surface area contributed by atoms with Crippen molar-refractivity contribution < 1.29 is 27.8 Å². The van der Waals surface area contributed by atoms with Gasteiger partial charge < -0.3 is 15.2 Å². The van der Waals surface area contributed by atoms with E-state index in [9.17, 15) is 23.1 Å². The third-order valence-corrected chi connectivity index (χ3v) is 6.49. The van der Waals surface area contributed by atoms with Gasteiger partial charge in [0.15, 0.2) is 0 Å². The van der Waals surface area contributed by atoms with E-state index in [1.807, 2.05) is 30.3 Å². The number of nitrogens with zero attached hydrogens (tertiary/aromatic N) is 1. The van der Waals surface area contributed by atoms with E-state index < -0.39 is 23.2 Å². The number of carbonyl (C=O) groups excluding carboxylic acids is 1. The van der Waals surface area contributed by atoms with Crippen LogP contribution >= 0.6 is 24.2 Å². The van der Waals surface area contributed by atoms with Crippen LogP contribution in [0.2, 0.25) is 0 Å². The molecule has 10 heteroatoms. The van der Waals surface area contributed by atoms with Gasteiger partial charge >= 0.3 is 6.18 Å². The first-order valence-corrected chi connectivity index (χ1v) is 11.5. The number of β-amino-alcohol motifs (C(OH)–C–C–N with tert-alkyl or cyclic N) is 1. The molecule has 1 aliphatic heterocycles. The van der Waals surface area contributed by atoms with Gasteiger partial charge in [-0.2, -0.15) is 13.2 Å². The van der Waals surface area contributed by atoms with Crippen molar-refractivity contribution in [2.45, 2.75) is 29.5 Å². The number of aliphatic hydroxyl groups excluding tert-OH is 1. The average molecular weight is 505 g/mol. The second kappa shape index (κ2) is 11.5. The highest BCUT2D eigenvalue weighted by Crippen LogP contribution is 2.39. The van der Waals surface area contributed by atoms with Crippen LogP contribution in [-0.4, -0.2) is 55.5 Å². The number of methoxy groups -OCH3 is 1. The van der Waals surface area contributed by atoms with Crippen LogP contribution in [0.3, 0.4) is 0 Å². The van der Waals surface area contributed by atoms with Crippen LogP contribution in [0.25, 0.3) is 0 Å². The Morgan fingerprint density at radius 2 is 1.97 bits per heavy atom. The molecule has 2 aromatic rings. The van der Waals surface area contributed by atoms with E-state index in [0.717, 1.165) is 42.4 Å². The number of halogens is 4. The van der Waals surface area contributed by atoms with Crippen molar-refractivity contribution in [3.05, 3.63) is 59.2 Å². The molecule has 0 aromatic heterocycles. The second-order valence-electron chi connectivity index (χ2n) is 7.76. The SMILES string of the molecule is COc1cc(C(F)(F)F)cc(SC)c1C(=O)NC1(c2ccccc2)CCCN(CCO)C1.Cl. The molecule has 1 aliphatic rings.